The number of anilines is 1. The van der Waals surface area contributed by atoms with Gasteiger partial charge in [-0.25, -0.2) is 14.3 Å². The molecule has 30 heavy (non-hydrogen) atoms. The van der Waals surface area contributed by atoms with Crippen molar-refractivity contribution in [2.75, 3.05) is 26.1 Å². The molecule has 1 aliphatic rings. The number of rotatable bonds is 7. The quantitative estimate of drug-likeness (QED) is 0.502. The normalized spacial score (nSPS) is 27.0. The van der Waals surface area contributed by atoms with Crippen molar-refractivity contribution in [1.29, 1.82) is 5.26 Å². The minimum atomic E-state index is -1.96. The van der Waals surface area contributed by atoms with Crippen LogP contribution < -0.4 is 5.73 Å². The zero-order valence-electron chi connectivity index (χ0n) is 16.5. The van der Waals surface area contributed by atoms with E-state index in [9.17, 15) is 20.3 Å². The molecular weight excluding hydrogens is 398 g/mol. The number of carbonyl (C=O) groups excluding carboxylic acids is 1. The molecular formula is C18H23N5O7. The Kier molecular flexibility index (Phi) is 6.37. The van der Waals surface area contributed by atoms with Crippen LogP contribution in [0.3, 0.4) is 0 Å². The van der Waals surface area contributed by atoms with Crippen molar-refractivity contribution in [2.24, 2.45) is 0 Å². The third-order valence-electron chi connectivity index (χ3n) is 4.88. The molecule has 2 aromatic heterocycles. The third kappa shape index (κ3) is 3.88. The monoisotopic (exact) mass is 421 g/mol. The molecule has 0 bridgehead atoms. The highest BCUT2D eigenvalue weighted by molar-refractivity contribution is 5.66. The van der Waals surface area contributed by atoms with Gasteiger partial charge in [0.05, 0.1) is 5.69 Å². The smallest absolute Gasteiger partial charge is 0.431 e. The molecule has 0 aromatic carbocycles. The van der Waals surface area contributed by atoms with Crippen molar-refractivity contribution in [1.82, 2.24) is 14.6 Å². The van der Waals surface area contributed by atoms with Crippen LogP contribution in [0.1, 0.15) is 19.0 Å². The summed E-state index contributed by atoms with van der Waals surface area (Å²) in [5.41, 5.74) is 4.40. The molecule has 5 atom stereocenters. The van der Waals surface area contributed by atoms with Gasteiger partial charge in [0.2, 0.25) is 5.60 Å². The number of hydrogen-bond acceptors (Lipinski definition) is 11. The van der Waals surface area contributed by atoms with E-state index in [0.29, 0.717) is 18.5 Å². The van der Waals surface area contributed by atoms with E-state index in [0.717, 1.165) is 0 Å². The number of carbonyl (C=O) groups is 1. The van der Waals surface area contributed by atoms with Crippen LogP contribution in [0.25, 0.3) is 5.52 Å². The average Bonchev–Trinajstić information content (AvgIpc) is 3.27. The number of nitrogens with two attached hydrogens (primary N) is 1. The van der Waals surface area contributed by atoms with Gasteiger partial charge >= 0.3 is 6.16 Å². The second-order valence-corrected chi connectivity index (χ2v) is 6.87. The number of fused-ring (bicyclic) bond motifs is 1. The molecule has 3 rings (SSSR count). The minimum Gasteiger partial charge on any atom is -0.431 e. The van der Waals surface area contributed by atoms with E-state index in [2.05, 4.69) is 10.1 Å². The number of ether oxygens (including phenoxy) is 4. The van der Waals surface area contributed by atoms with Crippen LogP contribution in [-0.4, -0.2) is 75.7 Å². The second kappa shape index (κ2) is 8.80. The lowest BCUT2D eigenvalue weighted by atomic mass is 9.92. The summed E-state index contributed by atoms with van der Waals surface area (Å²) in [6.07, 6.45) is -4.05. The molecule has 0 unspecified atom stereocenters. The Hall–Kier alpha value is -2.98. The molecule has 3 heterocycles. The molecule has 1 aliphatic heterocycles. The van der Waals surface area contributed by atoms with Gasteiger partial charge in [-0.3, -0.25) is 0 Å². The van der Waals surface area contributed by atoms with Crippen LogP contribution in [-0.2, 0) is 24.5 Å². The predicted molar refractivity (Wildman–Crippen MR) is 100.0 cm³/mol. The van der Waals surface area contributed by atoms with Gasteiger partial charge in [0, 0.05) is 20.1 Å². The molecule has 162 valence electrons. The molecule has 1 fully saturated rings. The van der Waals surface area contributed by atoms with Crippen LogP contribution in [0.15, 0.2) is 18.5 Å². The lowest BCUT2D eigenvalue weighted by Gasteiger charge is -2.24. The maximum atomic E-state index is 11.8. The highest BCUT2D eigenvalue weighted by atomic mass is 16.7. The van der Waals surface area contributed by atoms with E-state index in [4.69, 9.17) is 24.7 Å². The summed E-state index contributed by atoms with van der Waals surface area (Å²) in [4.78, 5) is 15.7. The first-order valence-electron chi connectivity index (χ1n) is 9.20. The Bertz CT molecular complexity index is 945. The predicted octanol–water partition coefficient (Wildman–Crippen LogP) is -0.271. The highest BCUT2D eigenvalue weighted by Crippen LogP contribution is 2.40. The van der Waals surface area contributed by atoms with E-state index in [1.165, 1.54) is 24.0 Å². The van der Waals surface area contributed by atoms with Crippen molar-refractivity contribution < 1.29 is 34.0 Å². The summed E-state index contributed by atoms with van der Waals surface area (Å²) in [6, 6.07) is 4.96. The lowest BCUT2D eigenvalue weighted by molar-refractivity contribution is -0.0748. The number of nitriles is 1. The van der Waals surface area contributed by atoms with E-state index >= 15 is 0 Å². The van der Waals surface area contributed by atoms with Crippen molar-refractivity contribution in [3.8, 4) is 6.07 Å². The zero-order valence-corrected chi connectivity index (χ0v) is 16.5. The number of aliphatic hydroxyl groups excluding tert-OH is 2. The summed E-state index contributed by atoms with van der Waals surface area (Å²) in [5.74, 6) is 0.169. The van der Waals surface area contributed by atoms with Gasteiger partial charge in [-0.05, 0) is 19.1 Å². The fraction of sp³-hybridized carbons (Fsp3) is 0.556. The summed E-state index contributed by atoms with van der Waals surface area (Å²) >= 11 is 0. The fourth-order valence-electron chi connectivity index (χ4n) is 3.24. The minimum absolute atomic E-state index is 0.152. The molecule has 12 nitrogen and oxygen atoms in total. The van der Waals surface area contributed by atoms with Gasteiger partial charge in [-0.1, -0.05) is 0 Å². The van der Waals surface area contributed by atoms with Gasteiger partial charge in [0.1, 0.15) is 48.9 Å². The number of nitrogens with zero attached hydrogens (tertiary/aromatic N) is 4. The van der Waals surface area contributed by atoms with E-state index < -0.39 is 42.8 Å². The molecule has 0 amide bonds. The van der Waals surface area contributed by atoms with Crippen LogP contribution in [0.4, 0.5) is 10.6 Å². The Balaban J connectivity index is 1.74. The van der Waals surface area contributed by atoms with Crippen LogP contribution in [0.5, 0.6) is 0 Å². The Morgan fingerprint density at radius 3 is 2.97 bits per heavy atom. The second-order valence-electron chi connectivity index (χ2n) is 6.87. The molecule has 2 aromatic rings. The number of aromatic nitrogens is 3. The number of hydrogen-bond donors (Lipinski definition) is 3. The van der Waals surface area contributed by atoms with Crippen LogP contribution >= 0.6 is 0 Å². The summed E-state index contributed by atoms with van der Waals surface area (Å²) in [6.45, 7) is 1.66. The first-order chi connectivity index (χ1) is 14.3. The van der Waals surface area contributed by atoms with E-state index in [-0.39, 0.29) is 11.5 Å². The molecule has 0 aliphatic carbocycles. The number of aliphatic hydroxyl groups is 2. The first-order valence-corrected chi connectivity index (χ1v) is 9.20. The third-order valence-corrected chi connectivity index (χ3v) is 4.88. The van der Waals surface area contributed by atoms with E-state index in [1.54, 1.807) is 13.0 Å². The fourth-order valence-corrected chi connectivity index (χ4v) is 3.24. The van der Waals surface area contributed by atoms with Crippen molar-refractivity contribution in [3.63, 3.8) is 0 Å². The summed E-state index contributed by atoms with van der Waals surface area (Å²) in [7, 11) is 1.53. The van der Waals surface area contributed by atoms with Gasteiger partial charge in [-0.15, -0.1) is 0 Å². The number of nitrogen functional groups attached to an aromatic ring is 1. The summed E-state index contributed by atoms with van der Waals surface area (Å²) in [5, 5.41) is 34.9. The van der Waals surface area contributed by atoms with E-state index in [1.807, 2.05) is 6.07 Å². The van der Waals surface area contributed by atoms with Crippen LogP contribution in [0.2, 0.25) is 0 Å². The highest BCUT2D eigenvalue weighted by Gasteiger charge is 2.57. The standard InChI is InChI=1S/C18H23N5O7/c1-10(5-6-27-2)29-17(26)28-7-12-14(24)15(25)18(8-19,30-12)13-4-3-11-16(20)21-9-22-23(11)13/h3-4,9-10,12,14-15,24-25H,5-7H2,1-2H3,(H2,20,21,22)/t10-,12-,14-,15-,18+/m1/s1. The maximum Gasteiger partial charge on any atom is 0.508 e. The van der Waals surface area contributed by atoms with Crippen molar-refractivity contribution in [3.05, 3.63) is 24.2 Å². The van der Waals surface area contributed by atoms with Gasteiger partial charge in [0.25, 0.3) is 0 Å². The molecule has 4 N–H and O–H groups in total. The van der Waals surface area contributed by atoms with Crippen LogP contribution in [0, 0.1) is 11.3 Å². The SMILES string of the molecule is COCC[C@@H](C)OC(=O)OC[C@H]1O[C@@](C#N)(c2ccc3c(N)ncnn23)[C@H](O)[C@@H]1O. The molecule has 0 saturated carbocycles. The van der Waals surface area contributed by atoms with Crippen molar-refractivity contribution in [2.45, 2.75) is 43.4 Å². The lowest BCUT2D eigenvalue weighted by Crippen LogP contribution is -2.41. The van der Waals surface area contributed by atoms with Crippen molar-refractivity contribution >= 4 is 17.5 Å². The molecule has 0 radical (unpaired) electrons. The molecule has 0 spiro atoms. The Labute approximate surface area is 171 Å². The topological polar surface area (TPSA) is 174 Å². The Morgan fingerprint density at radius 2 is 2.27 bits per heavy atom. The Morgan fingerprint density at radius 1 is 1.50 bits per heavy atom. The summed E-state index contributed by atoms with van der Waals surface area (Å²) < 4.78 is 22.0. The van der Waals surface area contributed by atoms with Gasteiger partial charge in [-0.2, -0.15) is 10.4 Å². The van der Waals surface area contributed by atoms with Gasteiger partial charge < -0.3 is 34.9 Å². The number of methoxy groups -OCH3 is 1. The molecule has 1 saturated heterocycles. The molecule has 12 heteroatoms. The zero-order chi connectivity index (χ0) is 21.9. The maximum absolute atomic E-state index is 11.8. The van der Waals surface area contributed by atoms with Gasteiger partial charge in [0.15, 0.2) is 5.82 Å². The first kappa shape index (κ1) is 21.7. The largest absolute Gasteiger partial charge is 0.508 e. The average molecular weight is 421 g/mol.